The Morgan fingerprint density at radius 1 is 1.50 bits per heavy atom. The molecule has 2 rings (SSSR count). The first kappa shape index (κ1) is 13.0. The van der Waals surface area contributed by atoms with Gasteiger partial charge in [-0.25, -0.2) is 4.39 Å². The Labute approximate surface area is 107 Å². The largest absolute Gasteiger partial charge is 0.322 e. The Kier molecular flexibility index (Phi) is 3.97. The first-order valence-corrected chi connectivity index (χ1v) is 6.38. The molecule has 0 saturated carbocycles. The molecule has 1 aromatic rings. The van der Waals surface area contributed by atoms with Gasteiger partial charge < -0.3 is 10.6 Å². The smallest absolute Gasteiger partial charge is 0.241 e. The fourth-order valence-electron chi connectivity index (χ4n) is 2.35. The highest BCUT2D eigenvalue weighted by molar-refractivity contribution is 5.95. The third-order valence-corrected chi connectivity index (χ3v) is 3.43. The lowest BCUT2D eigenvalue weighted by Crippen LogP contribution is -2.48. The predicted octanol–water partition coefficient (Wildman–Crippen LogP) is 2.46. The Bertz CT molecular complexity index is 447. The van der Waals surface area contributed by atoms with Gasteiger partial charge in [-0.3, -0.25) is 4.79 Å². The second-order valence-electron chi connectivity index (χ2n) is 5.02. The summed E-state index contributed by atoms with van der Waals surface area (Å²) in [5, 5.41) is 5.86. The molecule has 1 saturated heterocycles. The highest BCUT2D eigenvalue weighted by Gasteiger charge is 2.27. The Morgan fingerprint density at radius 2 is 2.28 bits per heavy atom. The average molecular weight is 250 g/mol. The molecule has 4 heteroatoms. The van der Waals surface area contributed by atoms with Gasteiger partial charge in [-0.2, -0.15) is 0 Å². The summed E-state index contributed by atoms with van der Waals surface area (Å²) >= 11 is 0. The molecule has 18 heavy (non-hydrogen) atoms. The van der Waals surface area contributed by atoms with Crippen LogP contribution < -0.4 is 10.6 Å². The quantitative estimate of drug-likeness (QED) is 0.846. The average Bonchev–Trinajstić information content (AvgIpc) is 2.34. The number of nitrogens with one attached hydrogen (secondary N) is 2. The van der Waals surface area contributed by atoms with Crippen LogP contribution in [0.5, 0.6) is 0 Å². The summed E-state index contributed by atoms with van der Waals surface area (Å²) in [5.41, 5.74) is 1.19. The van der Waals surface area contributed by atoms with Gasteiger partial charge in [-0.15, -0.1) is 0 Å². The topological polar surface area (TPSA) is 41.1 Å². The molecule has 2 atom stereocenters. The van der Waals surface area contributed by atoms with E-state index >= 15 is 0 Å². The van der Waals surface area contributed by atoms with Crippen LogP contribution in [0.4, 0.5) is 10.1 Å². The van der Waals surface area contributed by atoms with Crippen LogP contribution in [-0.2, 0) is 4.79 Å². The molecule has 2 unspecified atom stereocenters. The zero-order chi connectivity index (χ0) is 13.1. The molecule has 1 fully saturated rings. The molecule has 1 aromatic carbocycles. The Balaban J connectivity index is 2.08. The molecular formula is C14H19FN2O. The summed E-state index contributed by atoms with van der Waals surface area (Å²) in [4.78, 5) is 12.1. The normalized spacial score (nSPS) is 23.7. The van der Waals surface area contributed by atoms with Gasteiger partial charge in [0.15, 0.2) is 0 Å². The van der Waals surface area contributed by atoms with E-state index in [9.17, 15) is 9.18 Å². The predicted molar refractivity (Wildman–Crippen MR) is 70.0 cm³/mol. The lowest BCUT2D eigenvalue weighted by Gasteiger charge is -2.29. The molecule has 0 spiro atoms. The van der Waals surface area contributed by atoms with Crippen molar-refractivity contribution in [1.29, 1.82) is 0 Å². The fourth-order valence-corrected chi connectivity index (χ4v) is 2.35. The van der Waals surface area contributed by atoms with Crippen LogP contribution in [0.3, 0.4) is 0 Å². The number of carbonyl (C=O) groups excluding carboxylic acids is 1. The number of amides is 1. The minimum atomic E-state index is -0.391. The van der Waals surface area contributed by atoms with Crippen molar-refractivity contribution in [3.8, 4) is 0 Å². The number of aryl methyl sites for hydroxylation is 1. The van der Waals surface area contributed by atoms with Crippen LogP contribution in [0.15, 0.2) is 18.2 Å². The van der Waals surface area contributed by atoms with E-state index in [1.54, 1.807) is 12.1 Å². The summed E-state index contributed by atoms with van der Waals surface area (Å²) in [6.07, 6.45) is 2.12. The zero-order valence-corrected chi connectivity index (χ0v) is 10.8. The molecule has 3 nitrogen and oxygen atoms in total. The SMILES string of the molecule is Cc1ccc(F)c(NC(=O)C2NCCCC2C)c1. The Hall–Kier alpha value is -1.42. The van der Waals surface area contributed by atoms with Crippen molar-refractivity contribution in [3.63, 3.8) is 0 Å². The maximum absolute atomic E-state index is 13.6. The molecule has 1 aliphatic rings. The van der Waals surface area contributed by atoms with Crippen molar-refractivity contribution in [2.45, 2.75) is 32.7 Å². The molecule has 1 aliphatic heterocycles. The summed E-state index contributed by atoms with van der Waals surface area (Å²) in [6, 6.07) is 4.49. The number of piperidine rings is 1. The van der Waals surface area contributed by atoms with Gasteiger partial charge in [-0.05, 0) is 49.9 Å². The van der Waals surface area contributed by atoms with Gasteiger partial charge in [0.25, 0.3) is 0 Å². The molecule has 0 bridgehead atoms. The minimum Gasteiger partial charge on any atom is -0.322 e. The van der Waals surface area contributed by atoms with E-state index < -0.39 is 5.82 Å². The van der Waals surface area contributed by atoms with Gasteiger partial charge in [-0.1, -0.05) is 13.0 Å². The second kappa shape index (κ2) is 5.48. The number of anilines is 1. The van der Waals surface area contributed by atoms with Crippen LogP contribution in [0.2, 0.25) is 0 Å². The monoisotopic (exact) mass is 250 g/mol. The highest BCUT2D eigenvalue weighted by atomic mass is 19.1. The number of hydrogen-bond donors (Lipinski definition) is 2. The molecular weight excluding hydrogens is 231 g/mol. The highest BCUT2D eigenvalue weighted by Crippen LogP contribution is 2.19. The van der Waals surface area contributed by atoms with E-state index in [1.165, 1.54) is 6.07 Å². The summed E-state index contributed by atoms with van der Waals surface area (Å²) in [7, 11) is 0. The van der Waals surface area contributed by atoms with E-state index in [0.717, 1.165) is 24.9 Å². The van der Waals surface area contributed by atoms with E-state index in [0.29, 0.717) is 0 Å². The van der Waals surface area contributed by atoms with Crippen molar-refractivity contribution in [2.24, 2.45) is 5.92 Å². The standard InChI is InChI=1S/C14H19FN2O/c1-9-5-6-11(15)12(8-9)17-14(18)13-10(2)4-3-7-16-13/h5-6,8,10,13,16H,3-4,7H2,1-2H3,(H,17,18). The molecule has 0 aliphatic carbocycles. The maximum atomic E-state index is 13.6. The molecule has 2 N–H and O–H groups in total. The first-order chi connectivity index (χ1) is 8.58. The molecule has 1 heterocycles. The van der Waals surface area contributed by atoms with Crippen LogP contribution in [0.1, 0.15) is 25.3 Å². The van der Waals surface area contributed by atoms with Crippen LogP contribution in [-0.4, -0.2) is 18.5 Å². The fraction of sp³-hybridized carbons (Fsp3) is 0.500. The summed E-state index contributed by atoms with van der Waals surface area (Å²) in [6.45, 7) is 4.76. The van der Waals surface area contributed by atoms with Crippen molar-refractivity contribution in [2.75, 3.05) is 11.9 Å². The van der Waals surface area contributed by atoms with Crippen LogP contribution in [0.25, 0.3) is 0 Å². The summed E-state index contributed by atoms with van der Waals surface area (Å²) in [5.74, 6) is -0.254. The maximum Gasteiger partial charge on any atom is 0.241 e. The van der Waals surface area contributed by atoms with Crippen molar-refractivity contribution < 1.29 is 9.18 Å². The number of rotatable bonds is 2. The second-order valence-corrected chi connectivity index (χ2v) is 5.02. The van der Waals surface area contributed by atoms with Gasteiger partial charge >= 0.3 is 0 Å². The molecule has 1 amide bonds. The van der Waals surface area contributed by atoms with E-state index in [4.69, 9.17) is 0 Å². The van der Waals surface area contributed by atoms with Gasteiger partial charge in [0.05, 0.1) is 11.7 Å². The third-order valence-electron chi connectivity index (χ3n) is 3.43. The number of hydrogen-bond acceptors (Lipinski definition) is 2. The van der Waals surface area contributed by atoms with Crippen LogP contribution in [0, 0.1) is 18.7 Å². The minimum absolute atomic E-state index is 0.147. The lowest BCUT2D eigenvalue weighted by atomic mass is 9.92. The van der Waals surface area contributed by atoms with E-state index in [-0.39, 0.29) is 23.6 Å². The summed E-state index contributed by atoms with van der Waals surface area (Å²) < 4.78 is 13.6. The van der Waals surface area contributed by atoms with Crippen molar-refractivity contribution in [1.82, 2.24) is 5.32 Å². The van der Waals surface area contributed by atoms with Crippen molar-refractivity contribution in [3.05, 3.63) is 29.6 Å². The number of carbonyl (C=O) groups is 1. The van der Waals surface area contributed by atoms with E-state index in [1.807, 2.05) is 13.8 Å². The van der Waals surface area contributed by atoms with Gasteiger partial charge in [0.1, 0.15) is 5.82 Å². The van der Waals surface area contributed by atoms with Crippen LogP contribution >= 0.6 is 0 Å². The molecule has 0 aromatic heterocycles. The van der Waals surface area contributed by atoms with Crippen molar-refractivity contribution >= 4 is 11.6 Å². The number of benzene rings is 1. The molecule has 98 valence electrons. The number of halogens is 1. The Morgan fingerprint density at radius 3 is 3.00 bits per heavy atom. The third kappa shape index (κ3) is 2.88. The zero-order valence-electron chi connectivity index (χ0n) is 10.8. The first-order valence-electron chi connectivity index (χ1n) is 6.38. The van der Waals surface area contributed by atoms with Gasteiger partial charge in [0.2, 0.25) is 5.91 Å². The molecule has 0 radical (unpaired) electrons. The van der Waals surface area contributed by atoms with E-state index in [2.05, 4.69) is 10.6 Å². The van der Waals surface area contributed by atoms with Gasteiger partial charge in [0, 0.05) is 0 Å². The lowest BCUT2D eigenvalue weighted by molar-refractivity contribution is -0.119.